The van der Waals surface area contributed by atoms with Crippen molar-refractivity contribution in [1.82, 2.24) is 0 Å². The zero-order valence-corrected chi connectivity index (χ0v) is 76.1. The minimum atomic E-state index is -2.64. The fourth-order valence-electron chi connectivity index (χ4n) is 4.10. The Balaban J connectivity index is -0.0000000590. The second-order valence-electron chi connectivity index (χ2n) is 30.7. The SMILES string of the molecule is CC(C)(C)[Si](C)(C)Cl.CC(C)(C)[Si](C)(C)OCCCBr.CC(C)(C)[Si](C)(C)OCCCBr.CC(C)(C)[Si](C)(C)OCCC[Si](C)(C)O[Si](C)(C)[O-].OCCCBr.[2HH].[2H][2H].[CH2-]CCO[Si](C)(C)C(C)(C)C.[CH2-]CCO[Si](C)(C)C(C)(C)C.[H-].[Li+].[Li+].[Li+].[Li+]. The molecule has 0 spiro atoms. The number of halogens is 4. The number of rotatable bonds is 23. The average Bonchev–Trinajstić information content (AvgIpc) is 3.23. The third-order valence-corrected chi connectivity index (χ3v) is 51.1. The van der Waals surface area contributed by atoms with Gasteiger partial charge in [0.2, 0.25) is 0 Å². The molecule has 0 bridgehead atoms. The molecule has 0 aliphatic heterocycles. The molecule has 82 heavy (non-hydrogen) atoms. The van der Waals surface area contributed by atoms with E-state index < -0.39 is 65.8 Å². The zero-order chi connectivity index (χ0) is 66.6. The Morgan fingerprint density at radius 2 is 0.610 bits per heavy atom. The Labute approximate surface area is 609 Å². The summed E-state index contributed by atoms with van der Waals surface area (Å²) in [5, 5.41) is 13.0. The Kier molecular flexibility index (Phi) is 67.7. The van der Waals surface area contributed by atoms with E-state index in [0.717, 1.165) is 93.6 Å². The van der Waals surface area contributed by atoms with Crippen LogP contribution in [0.1, 0.15) is 169 Å². The van der Waals surface area contributed by atoms with Gasteiger partial charge < -0.3 is 51.4 Å². The monoisotopic (exact) mass is 1500 g/mol. The fourth-order valence-corrected chi connectivity index (χ4v) is 17.0. The van der Waals surface area contributed by atoms with E-state index in [1.54, 1.807) is 13.1 Å². The van der Waals surface area contributed by atoms with Crippen LogP contribution in [0.15, 0.2) is 0 Å². The summed E-state index contributed by atoms with van der Waals surface area (Å²) >= 11 is 16.1. The van der Waals surface area contributed by atoms with E-state index in [2.05, 4.69) is 278 Å². The number of alkyl halides is 3. The summed E-state index contributed by atoms with van der Waals surface area (Å²) in [6, 6.07) is 1.01. The molecule has 0 aromatic carbocycles. The smallest absolute Gasteiger partial charge is 1.00 e. The number of hydrogen-bond acceptors (Lipinski definition) is 8. The fraction of sp³-hybridized carbons (Fsp3) is 0.966. The van der Waals surface area contributed by atoms with Gasteiger partial charge >= 0.3 is 75.4 Å². The van der Waals surface area contributed by atoms with Crippen molar-refractivity contribution in [2.45, 2.75) is 304 Å². The van der Waals surface area contributed by atoms with Gasteiger partial charge in [0.05, 0.1) is 8.56 Å². The average molecular weight is 1500 g/mol. The molecule has 0 saturated carbocycles. The molecule has 0 amide bonds. The van der Waals surface area contributed by atoms with Crippen LogP contribution in [0.25, 0.3) is 0 Å². The zero-order valence-electron chi connectivity index (χ0n) is 65.5. The summed E-state index contributed by atoms with van der Waals surface area (Å²) in [5.74, 6) is 0. The van der Waals surface area contributed by atoms with E-state index in [0.29, 0.717) is 31.8 Å². The molecule has 488 valence electrons. The molecule has 0 fully saturated rings. The maximum atomic E-state index is 11.8. The third-order valence-electron chi connectivity index (χ3n) is 15.7. The molecule has 0 unspecified atom stereocenters. The van der Waals surface area contributed by atoms with Crippen LogP contribution in [0, 0.1) is 13.8 Å². The summed E-state index contributed by atoms with van der Waals surface area (Å²) in [4.78, 5) is 11.8. The first kappa shape index (κ1) is 109. The van der Waals surface area contributed by atoms with Crippen LogP contribution in [0.5, 0.6) is 0 Å². The van der Waals surface area contributed by atoms with Crippen LogP contribution in [0.4, 0.5) is 0 Å². The van der Waals surface area contributed by atoms with Gasteiger partial charge in [-0.1, -0.05) is 199 Å². The van der Waals surface area contributed by atoms with E-state index in [4.69, 9.17) is 45.4 Å². The molecule has 0 rings (SSSR count). The molecule has 0 radical (unpaired) electrons. The van der Waals surface area contributed by atoms with Crippen molar-refractivity contribution in [2.24, 2.45) is 0 Å². The molecule has 0 atom stereocenters. The summed E-state index contributed by atoms with van der Waals surface area (Å²) in [6.45, 7) is 87.5. The predicted molar refractivity (Wildman–Crippen MR) is 392 cm³/mol. The van der Waals surface area contributed by atoms with E-state index in [1.807, 2.05) is 0 Å². The molecule has 8 nitrogen and oxygen atoms in total. The topological polar surface area (TPSA) is 98.7 Å². The van der Waals surface area contributed by atoms with Crippen molar-refractivity contribution in [2.75, 3.05) is 55.6 Å². The quantitative estimate of drug-likeness (QED) is 0.0355. The van der Waals surface area contributed by atoms with Crippen molar-refractivity contribution in [1.29, 1.82) is 0 Å². The minimum Gasteiger partial charge on any atom is -1.00 e. The molecular weight excluding hydrogens is 1350 g/mol. The molecule has 0 aromatic rings. The molecule has 0 aromatic heterocycles. The van der Waals surface area contributed by atoms with Crippen LogP contribution in [0.2, 0.25) is 141 Å². The normalized spacial score (nSPS) is 13.0. The minimum absolute atomic E-state index is 0. The molecule has 0 aliphatic carbocycles. The first-order chi connectivity index (χ1) is 35.1. The molecule has 0 saturated heterocycles. The standard InChI is InChI=1S/C13H33O3Si3.2C9H21BrOSi.2C9H21OSi.C6H15ClSi.C3H7BrO.4Li.2H2.H/c1-13(2,3)18(6,7)15-11-10-12-17(4,5)16-19(8,9)14;2*1-9(2,3)12(4,5)11-8-6-7-10;2*1-7-8-10-11(5,6)9(2,3)4;1-6(2,3)8(4,5)7;4-2-1-3-5;;;;;;;/h10-12H2,1-9H3;2*6-8H2,1-5H3;2*1,7-8H2,2-6H3;1-5H3;5H,1-3H2;;;;;2*1H;/q-1;;;2*-1;;;4*+1;;;-1/i;;;;;;;;;;;1+1D;1+1;. The van der Waals surface area contributed by atoms with Crippen LogP contribution in [-0.4, -0.2) is 127 Å². The maximum absolute atomic E-state index is 11.8. The van der Waals surface area contributed by atoms with Gasteiger partial charge in [-0.25, -0.2) is 0 Å². The molecular formula is C58H144Br3ClLi4O8Si8. The van der Waals surface area contributed by atoms with Crippen LogP contribution >= 0.6 is 58.9 Å². The van der Waals surface area contributed by atoms with Crippen molar-refractivity contribution < 1.29 is 117 Å². The molecule has 24 heteroatoms. The summed E-state index contributed by atoms with van der Waals surface area (Å²) in [7, 11) is -13.3. The van der Waals surface area contributed by atoms with E-state index in [9.17, 15) is 4.80 Å². The van der Waals surface area contributed by atoms with Crippen molar-refractivity contribution >= 4 is 125 Å². The number of aliphatic hydroxyl groups is 1. The third kappa shape index (κ3) is 63.0. The van der Waals surface area contributed by atoms with Gasteiger partial charge in [0.25, 0.3) is 0 Å². The van der Waals surface area contributed by atoms with E-state index in [1.165, 1.54) is 0 Å². The molecule has 0 aliphatic rings. The van der Waals surface area contributed by atoms with Crippen LogP contribution < -0.4 is 80.2 Å². The first-order valence-corrected chi connectivity index (χ1v) is 57.1. The van der Waals surface area contributed by atoms with Gasteiger partial charge in [-0.2, -0.15) is 23.9 Å². The van der Waals surface area contributed by atoms with Gasteiger partial charge in [-0.05, 0) is 141 Å². The van der Waals surface area contributed by atoms with Crippen LogP contribution in [0.3, 0.4) is 0 Å². The van der Waals surface area contributed by atoms with Gasteiger partial charge in [-0.15, -0.1) is 0 Å². The first-order valence-electron chi connectivity index (χ1n) is 30.2. The van der Waals surface area contributed by atoms with E-state index in [-0.39, 0.29) is 83.3 Å². The Morgan fingerprint density at radius 3 is 0.744 bits per heavy atom. The second kappa shape index (κ2) is 50.9. The summed E-state index contributed by atoms with van der Waals surface area (Å²) < 4.78 is 45.5. The molecule has 1 N–H and O–H groups in total. The van der Waals surface area contributed by atoms with Gasteiger partial charge in [-0.3, -0.25) is 0 Å². The maximum Gasteiger partial charge on any atom is 1.00 e. The van der Waals surface area contributed by atoms with Gasteiger partial charge in [0.1, 0.15) is 0 Å². The summed E-state index contributed by atoms with van der Waals surface area (Å²) in [6.07, 6.45) is 5.87. The number of hydrogen-bond donors (Lipinski definition) is 1. The van der Waals surface area contributed by atoms with Crippen molar-refractivity contribution in [3.05, 3.63) is 13.8 Å². The number of aliphatic hydroxyl groups excluding tert-OH is 1. The summed E-state index contributed by atoms with van der Waals surface area (Å²) in [5.41, 5.74) is 0. The van der Waals surface area contributed by atoms with Crippen LogP contribution in [-0.2, 0) is 26.2 Å². The van der Waals surface area contributed by atoms with Crippen molar-refractivity contribution in [3.8, 4) is 0 Å². The Bertz CT molecular complexity index is 1390. The van der Waals surface area contributed by atoms with Crippen molar-refractivity contribution in [3.63, 3.8) is 0 Å². The Hall–Kier alpha value is 5.53. The van der Waals surface area contributed by atoms with E-state index >= 15 is 0 Å². The Morgan fingerprint density at radius 1 is 0.415 bits per heavy atom. The second-order valence-corrected chi connectivity index (χ2v) is 72.0. The largest absolute Gasteiger partial charge is 1.00 e. The van der Waals surface area contributed by atoms with Gasteiger partial charge in [0.15, 0.2) is 57.3 Å². The predicted octanol–water partition coefficient (Wildman–Crippen LogP) is 10.3. The molecule has 0 heterocycles. The van der Waals surface area contributed by atoms with Gasteiger partial charge in [0, 0.05) is 60.0 Å².